The molecule has 0 saturated carbocycles. The van der Waals surface area contributed by atoms with Gasteiger partial charge in [-0.05, 0) is 48.9 Å². The molecule has 284 valence electrons. The zero-order valence-corrected chi connectivity index (χ0v) is 32.5. The van der Waals surface area contributed by atoms with Crippen LogP contribution in [0, 0.1) is 18.8 Å². The molecule has 3 aromatic carbocycles. The first-order valence-corrected chi connectivity index (χ1v) is 19.4. The fourth-order valence-electron chi connectivity index (χ4n) is 8.32. The Kier molecular flexibility index (Phi) is 12.4. The van der Waals surface area contributed by atoms with Crippen molar-refractivity contribution >= 4 is 56.9 Å². The number of hydrogen-bond donors (Lipinski definition) is 2. The minimum absolute atomic E-state index is 0.00999. The van der Waals surface area contributed by atoms with Gasteiger partial charge in [-0.3, -0.25) is 19.2 Å². The first-order chi connectivity index (χ1) is 26.1. The van der Waals surface area contributed by atoms with E-state index >= 15 is 9.59 Å². The van der Waals surface area contributed by atoms with Gasteiger partial charge in [-0.25, -0.2) is 0 Å². The largest absolute Gasteiger partial charge is 0.455 e. The summed E-state index contributed by atoms with van der Waals surface area (Å²) in [5, 5.41) is 14.1. The zero-order valence-electron chi connectivity index (χ0n) is 30.1. The minimum Gasteiger partial charge on any atom is -0.455 e. The molecule has 3 aromatic rings. The molecule has 2 bridgehead atoms. The van der Waals surface area contributed by atoms with E-state index in [1.807, 2.05) is 61.5 Å². The number of benzene rings is 3. The van der Waals surface area contributed by atoms with Crippen molar-refractivity contribution in [2.75, 3.05) is 24.6 Å². The van der Waals surface area contributed by atoms with E-state index in [0.717, 1.165) is 11.1 Å². The molecular weight excluding hydrogens is 774 g/mol. The number of fused-ring (bicyclic) bond motifs is 1. The average Bonchev–Trinajstić information content (AvgIpc) is 3.77. The van der Waals surface area contributed by atoms with Crippen molar-refractivity contribution in [2.45, 2.75) is 67.3 Å². The number of likely N-dealkylation sites (tertiary alicyclic amines) is 1. The molecule has 3 amide bonds. The number of nitrogens with zero attached hydrogens (tertiary/aromatic N) is 2. The van der Waals surface area contributed by atoms with Gasteiger partial charge in [-0.2, -0.15) is 0 Å². The van der Waals surface area contributed by atoms with E-state index in [2.05, 4.69) is 34.4 Å². The van der Waals surface area contributed by atoms with Crippen molar-refractivity contribution < 1.29 is 33.8 Å². The molecule has 0 aromatic heterocycles. The highest BCUT2D eigenvalue weighted by atomic mass is 79.9. The quantitative estimate of drug-likeness (QED) is 0.105. The van der Waals surface area contributed by atoms with Crippen molar-refractivity contribution in [1.82, 2.24) is 10.2 Å². The van der Waals surface area contributed by atoms with Crippen LogP contribution in [0.2, 0.25) is 5.02 Å². The molecule has 54 heavy (non-hydrogen) atoms. The highest BCUT2D eigenvalue weighted by Gasteiger charge is 2.77. The summed E-state index contributed by atoms with van der Waals surface area (Å²) in [5.41, 5.74) is 1.28. The molecule has 3 aliphatic heterocycles. The van der Waals surface area contributed by atoms with Crippen LogP contribution in [0.5, 0.6) is 0 Å². The number of para-hydroxylation sites is 1. The number of halogens is 2. The van der Waals surface area contributed by atoms with E-state index in [0.29, 0.717) is 22.7 Å². The minimum atomic E-state index is -1.45. The number of alkyl halides is 1. The summed E-state index contributed by atoms with van der Waals surface area (Å²) in [7, 11) is 0. The van der Waals surface area contributed by atoms with Crippen LogP contribution < -0.4 is 10.2 Å². The normalized spacial score (nSPS) is 25.1. The summed E-state index contributed by atoms with van der Waals surface area (Å²) in [5.74, 6) is -4.03. The summed E-state index contributed by atoms with van der Waals surface area (Å²) in [6, 6.07) is 21.7. The van der Waals surface area contributed by atoms with Gasteiger partial charge in [0.15, 0.2) is 0 Å². The van der Waals surface area contributed by atoms with Crippen molar-refractivity contribution in [3.8, 4) is 0 Å². The van der Waals surface area contributed by atoms with E-state index in [1.165, 1.54) is 9.80 Å². The number of amides is 3. The fraction of sp³-hybridized carbons (Fsp3) is 0.381. The molecule has 6 rings (SSSR count). The maximum Gasteiger partial charge on any atom is 0.313 e. The number of anilines is 1. The number of ether oxygens (including phenoxy) is 2. The van der Waals surface area contributed by atoms with Crippen molar-refractivity contribution in [3.05, 3.63) is 126 Å². The number of esters is 1. The third-order valence-electron chi connectivity index (χ3n) is 10.7. The molecule has 8 atom stereocenters. The van der Waals surface area contributed by atoms with Gasteiger partial charge in [-0.1, -0.05) is 112 Å². The van der Waals surface area contributed by atoms with Crippen LogP contribution in [0.1, 0.15) is 42.1 Å². The van der Waals surface area contributed by atoms with Crippen molar-refractivity contribution in [1.29, 1.82) is 0 Å². The smallest absolute Gasteiger partial charge is 0.313 e. The van der Waals surface area contributed by atoms with E-state index in [4.69, 9.17) is 21.1 Å². The lowest BCUT2D eigenvalue weighted by atomic mass is 9.70. The summed E-state index contributed by atoms with van der Waals surface area (Å²) in [6.07, 6.45) is 2.82. The summed E-state index contributed by atoms with van der Waals surface area (Å²) < 4.78 is 13.0. The van der Waals surface area contributed by atoms with Crippen molar-refractivity contribution in [2.24, 2.45) is 11.8 Å². The number of aliphatic hydroxyl groups excluding tert-OH is 1. The fourth-order valence-corrected chi connectivity index (χ4v) is 9.59. The number of carbonyl (C=O) groups is 4. The highest BCUT2D eigenvalue weighted by Crippen LogP contribution is 2.61. The molecule has 3 aliphatic rings. The molecule has 3 fully saturated rings. The van der Waals surface area contributed by atoms with Crippen LogP contribution in [-0.2, 0) is 35.1 Å². The average molecular weight is 819 g/mol. The van der Waals surface area contributed by atoms with Crippen LogP contribution in [0.3, 0.4) is 0 Å². The Morgan fingerprint density at radius 2 is 1.80 bits per heavy atom. The standard InChI is InChI=1S/C42H45BrClN3O7/c1-4-6-20-33(49)45-24-32(28-17-11-8-12-18-28)53-41(52)34-35-39(50)47(29(25-48)22-27-15-9-7-10-16-27)38(42(35)23-30(43)37(34)54-42)40(51)46(21-5-2)36-26(3)14-13-19-31(36)44/h4-5,7-19,29-30,32,34-35,37-38,48H,1-2,6,20-25H2,3H3,(H,45,49)/t29-,30?,32+,34-,35+,37-,38-,42+/m1/s1. The highest BCUT2D eigenvalue weighted by molar-refractivity contribution is 9.09. The second kappa shape index (κ2) is 17.0. The van der Waals surface area contributed by atoms with Crippen LogP contribution in [0.25, 0.3) is 0 Å². The lowest BCUT2D eigenvalue weighted by Gasteiger charge is -2.40. The molecule has 12 heteroatoms. The Bertz CT molecular complexity index is 1860. The summed E-state index contributed by atoms with van der Waals surface area (Å²) in [4.78, 5) is 60.0. The number of rotatable bonds is 16. The van der Waals surface area contributed by atoms with Crippen LogP contribution in [-0.4, -0.2) is 82.0 Å². The Morgan fingerprint density at radius 3 is 2.44 bits per heavy atom. The van der Waals surface area contributed by atoms with E-state index in [1.54, 1.807) is 36.4 Å². The van der Waals surface area contributed by atoms with Crippen LogP contribution >= 0.6 is 27.5 Å². The van der Waals surface area contributed by atoms with Gasteiger partial charge >= 0.3 is 5.97 Å². The number of carbonyl (C=O) groups excluding carboxylic acids is 4. The third-order valence-corrected chi connectivity index (χ3v) is 11.8. The molecule has 2 N–H and O–H groups in total. The van der Waals surface area contributed by atoms with E-state index in [9.17, 15) is 14.7 Å². The lowest BCUT2D eigenvalue weighted by molar-refractivity contribution is -0.160. The van der Waals surface area contributed by atoms with Gasteiger partial charge in [0.25, 0.3) is 5.91 Å². The predicted molar refractivity (Wildman–Crippen MR) is 210 cm³/mol. The number of nitrogens with one attached hydrogen (secondary N) is 1. The molecule has 10 nitrogen and oxygen atoms in total. The topological polar surface area (TPSA) is 125 Å². The third kappa shape index (κ3) is 7.51. The Balaban J connectivity index is 1.40. The lowest BCUT2D eigenvalue weighted by Crippen LogP contribution is -2.59. The molecule has 3 saturated heterocycles. The van der Waals surface area contributed by atoms with Gasteiger partial charge in [0.1, 0.15) is 17.7 Å². The summed E-state index contributed by atoms with van der Waals surface area (Å²) >= 11 is 10.5. The van der Waals surface area contributed by atoms with Gasteiger partial charge in [0.05, 0.1) is 47.8 Å². The molecule has 1 spiro atoms. The molecule has 3 heterocycles. The van der Waals surface area contributed by atoms with Crippen LogP contribution in [0.4, 0.5) is 5.69 Å². The number of aryl methyl sites for hydroxylation is 1. The second-order valence-corrected chi connectivity index (χ2v) is 15.6. The number of hydrogen-bond acceptors (Lipinski definition) is 7. The van der Waals surface area contributed by atoms with Crippen molar-refractivity contribution in [3.63, 3.8) is 0 Å². The van der Waals surface area contributed by atoms with E-state index < -0.39 is 70.9 Å². The zero-order chi connectivity index (χ0) is 38.6. The van der Waals surface area contributed by atoms with Gasteiger partial charge in [-0.15, -0.1) is 13.2 Å². The molecule has 0 aliphatic carbocycles. The number of aliphatic hydroxyl groups is 1. The van der Waals surface area contributed by atoms with Gasteiger partial charge < -0.3 is 29.7 Å². The number of allylic oxidation sites excluding steroid dienone is 1. The molecular formula is C42H45BrClN3O7. The maximum atomic E-state index is 15.3. The molecule has 0 radical (unpaired) electrons. The second-order valence-electron chi connectivity index (χ2n) is 14.0. The predicted octanol–water partition coefficient (Wildman–Crippen LogP) is 5.89. The first kappa shape index (κ1) is 39.4. The SMILES string of the molecule is C=CCCC(=O)NC[C@H](OC(=O)[C@H]1[C@@H]2O[C@@]3(CC2Br)[C@@H]1C(=O)N([C@@H](CO)Cc1ccccc1)[C@@H]3C(=O)N(CC=C)c1c(C)cccc1Cl)c1ccccc1. The van der Waals surface area contributed by atoms with Crippen LogP contribution in [0.15, 0.2) is 104 Å². The monoisotopic (exact) mass is 817 g/mol. The van der Waals surface area contributed by atoms with Gasteiger partial charge in [0.2, 0.25) is 11.8 Å². The Labute approximate surface area is 329 Å². The Morgan fingerprint density at radius 1 is 1.09 bits per heavy atom. The first-order valence-electron chi connectivity index (χ1n) is 18.2. The Hall–Kier alpha value is -4.29. The molecule has 1 unspecified atom stereocenters. The van der Waals surface area contributed by atoms with Gasteiger partial charge in [0, 0.05) is 17.8 Å². The van der Waals surface area contributed by atoms with E-state index in [-0.39, 0.29) is 38.3 Å². The maximum absolute atomic E-state index is 15.3. The summed E-state index contributed by atoms with van der Waals surface area (Å²) in [6.45, 7) is 9.06.